The van der Waals surface area contributed by atoms with Crippen LogP contribution in [0.25, 0.3) is 66.4 Å². The summed E-state index contributed by atoms with van der Waals surface area (Å²) in [6, 6.07) is 47.4. The summed E-state index contributed by atoms with van der Waals surface area (Å²) in [5.41, 5.74) is 25.3. The molecule has 15 rings (SSSR count). The number of rotatable bonds is 15. The first-order valence-electron chi connectivity index (χ1n) is 34.1. The summed E-state index contributed by atoms with van der Waals surface area (Å²) in [5.74, 6) is 4.60. The quantitative estimate of drug-likeness (QED) is 0.0519. The fourth-order valence-corrected chi connectivity index (χ4v) is 13.6. The maximum Gasteiger partial charge on any atom is 0.290 e. The van der Waals surface area contributed by atoms with Crippen molar-refractivity contribution in [2.75, 3.05) is 56.5 Å². The van der Waals surface area contributed by atoms with Crippen LogP contribution in [0.15, 0.2) is 210 Å². The first kappa shape index (κ1) is 69.4. The number of carbonyl (C=O) groups excluding carboxylic acids is 3. The van der Waals surface area contributed by atoms with Crippen LogP contribution in [0.2, 0.25) is 0 Å². The largest absolute Gasteiger partial charge is 0.457 e. The molecule has 528 valence electrons. The lowest BCUT2D eigenvalue weighted by molar-refractivity contribution is -0.128. The van der Waals surface area contributed by atoms with Gasteiger partial charge in [-0.25, -0.2) is 15.3 Å². The summed E-state index contributed by atoms with van der Waals surface area (Å²) in [4.78, 5) is 80.4. The molecule has 26 nitrogen and oxygen atoms in total. The fourth-order valence-electron chi connectivity index (χ4n) is 13.6. The predicted octanol–water partition coefficient (Wildman–Crippen LogP) is 11.8. The van der Waals surface area contributed by atoms with E-state index in [9.17, 15) is 28.8 Å². The molecule has 6 aromatic carbocycles. The molecule has 3 saturated heterocycles. The Labute approximate surface area is 596 Å². The number of nitrogen functional groups attached to an aromatic ring is 3. The molecule has 26 heteroatoms. The summed E-state index contributed by atoms with van der Waals surface area (Å²) < 4.78 is 23.2. The summed E-state index contributed by atoms with van der Waals surface area (Å²) in [6.45, 7) is 18.1. The minimum atomic E-state index is -0.376. The molecule has 3 amide bonds. The minimum absolute atomic E-state index is 0.0579. The van der Waals surface area contributed by atoms with E-state index in [0.717, 1.165) is 89.2 Å². The Balaban J connectivity index is 0.000000139. The van der Waals surface area contributed by atoms with Crippen molar-refractivity contribution in [3.05, 3.63) is 238 Å². The van der Waals surface area contributed by atoms with E-state index in [2.05, 4.69) is 50.3 Å². The van der Waals surface area contributed by atoms with Crippen LogP contribution < -0.4 is 48.1 Å². The lowest BCUT2D eigenvalue weighted by atomic mass is 10.1. The minimum Gasteiger partial charge on any atom is -0.457 e. The van der Waals surface area contributed by atoms with E-state index in [0.29, 0.717) is 101 Å². The first-order valence-corrected chi connectivity index (χ1v) is 34.1. The number of benzene rings is 6. The fraction of sp³-hybridized carbons (Fsp3) is 0.218. The van der Waals surface area contributed by atoms with Crippen molar-refractivity contribution in [1.29, 1.82) is 0 Å². The van der Waals surface area contributed by atoms with E-state index in [1.54, 1.807) is 24.1 Å². The van der Waals surface area contributed by atoms with Gasteiger partial charge in [0.15, 0.2) is 17.5 Å². The number of piperidine rings is 3. The van der Waals surface area contributed by atoms with E-state index in [1.165, 1.54) is 18.2 Å². The van der Waals surface area contributed by atoms with Gasteiger partial charge in [0.05, 0.1) is 34.3 Å². The number of likely N-dealkylation sites (tertiary alicyclic amines) is 3. The van der Waals surface area contributed by atoms with Gasteiger partial charge in [-0.05, 0) is 173 Å². The molecule has 9 N–H and O–H groups in total. The monoisotopic (exact) mass is 1400 g/mol. The Morgan fingerprint density at radius 2 is 0.827 bits per heavy atom. The molecule has 9 heterocycles. The maximum atomic E-state index is 12.9. The van der Waals surface area contributed by atoms with Crippen molar-refractivity contribution in [1.82, 2.24) is 69.4 Å². The van der Waals surface area contributed by atoms with E-state index >= 15 is 0 Å². The zero-order valence-electron chi connectivity index (χ0n) is 57.4. The number of hydrogen-bond donors (Lipinski definition) is 6. The summed E-state index contributed by atoms with van der Waals surface area (Å²) >= 11 is 0. The number of para-hydroxylation sites is 2. The van der Waals surface area contributed by atoms with E-state index in [1.807, 2.05) is 176 Å². The van der Waals surface area contributed by atoms with E-state index < -0.39 is 0 Å². The number of H-pyrrole nitrogens is 3. The number of ether oxygens (including phenoxy) is 3. The molecule has 12 aromatic rings. The van der Waals surface area contributed by atoms with E-state index in [4.69, 9.17) is 41.6 Å². The zero-order valence-corrected chi connectivity index (χ0v) is 57.4. The van der Waals surface area contributed by atoms with Gasteiger partial charge in [0.25, 0.3) is 16.7 Å². The van der Waals surface area contributed by atoms with Crippen LogP contribution in [-0.2, 0) is 14.4 Å². The Morgan fingerprint density at radius 3 is 1.28 bits per heavy atom. The Kier molecular flexibility index (Phi) is 20.3. The number of fused-ring (bicyclic) bond motifs is 3. The number of nitrogens with one attached hydrogen (secondary N) is 3. The number of aromatic nitrogens is 11. The molecule has 6 aromatic heterocycles. The number of amides is 3. The second-order valence-corrected chi connectivity index (χ2v) is 25.6. The first-order chi connectivity index (χ1) is 50.4. The number of aryl methyl sites for hydroxylation is 2. The highest BCUT2D eigenvalue weighted by Gasteiger charge is 2.32. The molecule has 3 unspecified atom stereocenters. The molecule has 3 aliphatic heterocycles. The summed E-state index contributed by atoms with van der Waals surface area (Å²) in [6.07, 6.45) is 10.7. The summed E-state index contributed by atoms with van der Waals surface area (Å²) in [7, 11) is 0. The molecule has 0 bridgehead atoms. The predicted molar refractivity (Wildman–Crippen MR) is 400 cm³/mol. The smallest absolute Gasteiger partial charge is 0.290 e. The van der Waals surface area contributed by atoms with Gasteiger partial charge in [-0.1, -0.05) is 86.0 Å². The van der Waals surface area contributed by atoms with Gasteiger partial charge in [0.2, 0.25) is 17.7 Å². The van der Waals surface area contributed by atoms with Gasteiger partial charge in [0, 0.05) is 62.2 Å². The Morgan fingerprint density at radius 1 is 0.452 bits per heavy atom. The average molecular weight is 1400 g/mol. The Hall–Kier alpha value is -13.1. The highest BCUT2D eigenvalue weighted by molar-refractivity contribution is 6.03. The third-order valence-corrected chi connectivity index (χ3v) is 18.8. The molecular weight excluding hydrogens is 1320 g/mol. The normalized spacial score (nSPS) is 15.8. The average Bonchev–Trinajstić information content (AvgIpc) is 1.61. The standard InChI is InChI=1S/2C26H26N6O3.C26H25N5O3/c1-3-21(33)31-14-4-5-18(15-31)32-24-22(25(27)28-29-26(24)34)23(30-32)17-8-12-20(13-9-17)35-19-10-6-16(2)7-11-19;1-3-21(33)31-14-6-8-18(15-31)32-24-22(25(27)28-29-26(24)34)23(30-32)17-10-12-19(13-11-17)35-20-9-5-4-7-16(20)2;1-2-22(32)30-14-6-7-18(15-30)31-16-21(23-24(31)26(33)29-28-25(23)27)17-10-12-20(13-11-17)34-19-8-4-3-5-9-19/h3,6-13,18H,1,4-5,14-15H2,2H3,(H2,27,28)(H,29,34);3-5,7,9-13,18H,1,6,8,14-15H2,2H3,(H2,27,28)(H,29,34);2-5,8-13,16,18H,1,6-7,14-15H2,(H2,27,28)(H,29,33). The molecule has 0 saturated carbocycles. The Bertz CT molecular complexity index is 5390. The van der Waals surface area contributed by atoms with Crippen molar-refractivity contribution in [2.24, 2.45) is 0 Å². The van der Waals surface area contributed by atoms with Gasteiger partial charge in [-0.2, -0.15) is 25.5 Å². The third kappa shape index (κ3) is 14.6. The molecule has 3 atom stereocenters. The topological polar surface area (TPSA) is 344 Å². The van der Waals surface area contributed by atoms with Crippen molar-refractivity contribution in [3.63, 3.8) is 0 Å². The molecule has 3 aliphatic rings. The molecule has 3 fully saturated rings. The van der Waals surface area contributed by atoms with Gasteiger partial charge < -0.3 is 50.7 Å². The highest BCUT2D eigenvalue weighted by atomic mass is 16.5. The van der Waals surface area contributed by atoms with Gasteiger partial charge in [-0.15, -0.1) is 0 Å². The number of carbonyl (C=O) groups is 3. The van der Waals surface area contributed by atoms with Crippen LogP contribution in [0.1, 0.15) is 67.8 Å². The highest BCUT2D eigenvalue weighted by Crippen LogP contribution is 2.40. The summed E-state index contributed by atoms with van der Waals surface area (Å²) in [5, 5.41) is 30.6. The lowest BCUT2D eigenvalue weighted by Gasteiger charge is -2.33. The molecule has 0 radical (unpaired) electrons. The van der Waals surface area contributed by atoms with Crippen molar-refractivity contribution in [3.8, 4) is 68.1 Å². The number of nitrogens with zero attached hydrogens (tertiary/aromatic N) is 11. The second-order valence-electron chi connectivity index (χ2n) is 25.6. The SMILES string of the molecule is C=CC(=O)N1CCCC(n2cc(-c3ccc(Oc4ccccc4)cc3)c3c(N)n[nH]c(=O)c32)C1.C=CC(=O)N1CCCC(n2nc(-c3ccc(Oc4ccc(C)cc4)cc3)c3c(N)n[nH]c(=O)c32)C1.C=CC(=O)N1CCCC(n2nc(-c3ccc(Oc4ccccc4C)cc3)c3c(N)n[nH]c(=O)c32)C1. The molecule has 0 spiro atoms. The number of anilines is 3. The zero-order chi connectivity index (χ0) is 72.7. The maximum absolute atomic E-state index is 12.9. The van der Waals surface area contributed by atoms with E-state index in [-0.39, 0.29) is 70.0 Å². The van der Waals surface area contributed by atoms with Crippen molar-refractivity contribution < 1.29 is 28.6 Å². The van der Waals surface area contributed by atoms with Crippen LogP contribution in [0, 0.1) is 13.8 Å². The van der Waals surface area contributed by atoms with Crippen molar-refractivity contribution in [2.45, 2.75) is 70.5 Å². The van der Waals surface area contributed by atoms with Crippen LogP contribution in [0.3, 0.4) is 0 Å². The van der Waals surface area contributed by atoms with Gasteiger partial charge >= 0.3 is 0 Å². The second kappa shape index (κ2) is 30.4. The lowest BCUT2D eigenvalue weighted by Crippen LogP contribution is -2.40. The van der Waals surface area contributed by atoms with Gasteiger partial charge in [-0.3, -0.25) is 38.1 Å². The molecule has 0 aliphatic carbocycles. The van der Waals surface area contributed by atoms with Crippen LogP contribution in [-0.4, -0.2) is 126 Å². The van der Waals surface area contributed by atoms with Crippen LogP contribution in [0.5, 0.6) is 34.5 Å². The van der Waals surface area contributed by atoms with Crippen LogP contribution >= 0.6 is 0 Å². The van der Waals surface area contributed by atoms with Crippen molar-refractivity contribution >= 4 is 67.9 Å². The third-order valence-electron chi connectivity index (χ3n) is 18.8. The van der Waals surface area contributed by atoms with Crippen LogP contribution in [0.4, 0.5) is 17.5 Å². The molecule has 104 heavy (non-hydrogen) atoms. The van der Waals surface area contributed by atoms with Gasteiger partial charge in [0.1, 0.15) is 62.4 Å². The number of nitrogens with two attached hydrogens (primary N) is 3. The number of aromatic amines is 3. The molecular formula is C78H77N17O9. The number of hydrogen-bond acceptors (Lipinski definition) is 17.